The summed E-state index contributed by atoms with van der Waals surface area (Å²) in [5.41, 5.74) is 2.88. The molecule has 0 N–H and O–H groups in total. The van der Waals surface area contributed by atoms with E-state index in [1.165, 1.54) is 10.4 Å². The smallest absolute Gasteiger partial charge is 0.258 e. The normalized spacial score (nSPS) is 15.4. The highest BCUT2D eigenvalue weighted by atomic mass is 32.2. The van der Waals surface area contributed by atoms with E-state index >= 15 is 0 Å². The number of hydrogen-bond donors (Lipinski definition) is 0. The van der Waals surface area contributed by atoms with Crippen LogP contribution in [0.4, 0.5) is 5.69 Å². The molecule has 1 fully saturated rings. The van der Waals surface area contributed by atoms with E-state index in [0.717, 1.165) is 11.3 Å². The van der Waals surface area contributed by atoms with Gasteiger partial charge in [-0.25, -0.2) is 8.42 Å². The van der Waals surface area contributed by atoms with Gasteiger partial charge in [0.1, 0.15) is 0 Å². The fourth-order valence-electron chi connectivity index (χ4n) is 3.29. The Hall–Kier alpha value is -2.22. The van der Waals surface area contributed by atoms with Crippen molar-refractivity contribution in [3.63, 3.8) is 0 Å². The SMILES string of the molecule is CCc1ccc(C(=O)N(C)c2cccc(C)c2)cc1S(=O)(=O)N1CCOCC1. The van der Waals surface area contributed by atoms with Crippen molar-refractivity contribution in [2.45, 2.75) is 25.2 Å². The molecule has 0 aromatic heterocycles. The van der Waals surface area contributed by atoms with Crippen molar-refractivity contribution >= 4 is 21.6 Å². The summed E-state index contributed by atoms with van der Waals surface area (Å²) in [6.45, 7) is 5.30. The predicted molar refractivity (Wildman–Crippen MR) is 109 cm³/mol. The topological polar surface area (TPSA) is 66.9 Å². The van der Waals surface area contributed by atoms with Crippen molar-refractivity contribution in [2.24, 2.45) is 0 Å². The molecule has 0 radical (unpaired) electrons. The number of nitrogens with zero attached hydrogens (tertiary/aromatic N) is 2. The lowest BCUT2D eigenvalue weighted by atomic mass is 10.1. The van der Waals surface area contributed by atoms with E-state index in [9.17, 15) is 13.2 Å². The van der Waals surface area contributed by atoms with Gasteiger partial charge in [-0.05, 0) is 48.7 Å². The molecule has 6 nitrogen and oxygen atoms in total. The van der Waals surface area contributed by atoms with Gasteiger partial charge in [0, 0.05) is 31.4 Å². The lowest BCUT2D eigenvalue weighted by Crippen LogP contribution is -2.41. The standard InChI is InChI=1S/C21H26N2O4S/c1-4-17-8-9-18(21(24)22(3)19-7-5-6-16(2)14-19)15-20(17)28(25,26)23-10-12-27-13-11-23/h5-9,14-15H,4,10-13H2,1-3H3. The number of carbonyl (C=O) groups is 1. The highest BCUT2D eigenvalue weighted by Crippen LogP contribution is 2.25. The maximum absolute atomic E-state index is 13.2. The third-order valence-electron chi connectivity index (χ3n) is 4.98. The van der Waals surface area contributed by atoms with Crippen LogP contribution in [0.2, 0.25) is 0 Å². The van der Waals surface area contributed by atoms with Crippen molar-refractivity contribution in [3.05, 3.63) is 59.2 Å². The molecule has 2 aromatic carbocycles. The molecule has 2 aromatic rings. The van der Waals surface area contributed by atoms with Crippen LogP contribution in [-0.2, 0) is 21.2 Å². The first kappa shape index (κ1) is 20.5. The second kappa shape index (κ2) is 8.43. The van der Waals surface area contributed by atoms with Crippen LogP contribution in [0, 0.1) is 6.92 Å². The van der Waals surface area contributed by atoms with Gasteiger partial charge in [0.15, 0.2) is 0 Å². The summed E-state index contributed by atoms with van der Waals surface area (Å²) < 4.78 is 33.0. The van der Waals surface area contributed by atoms with Gasteiger partial charge in [-0.15, -0.1) is 0 Å². The Morgan fingerprint density at radius 1 is 1.14 bits per heavy atom. The van der Waals surface area contributed by atoms with Gasteiger partial charge in [-0.2, -0.15) is 4.31 Å². The third-order valence-corrected chi connectivity index (χ3v) is 6.96. The molecular formula is C21H26N2O4S. The van der Waals surface area contributed by atoms with Crippen LogP contribution >= 0.6 is 0 Å². The monoisotopic (exact) mass is 402 g/mol. The van der Waals surface area contributed by atoms with E-state index in [-0.39, 0.29) is 10.8 Å². The van der Waals surface area contributed by atoms with Crippen LogP contribution in [0.25, 0.3) is 0 Å². The maximum Gasteiger partial charge on any atom is 0.258 e. The van der Waals surface area contributed by atoms with Crippen LogP contribution in [0.1, 0.15) is 28.4 Å². The zero-order chi connectivity index (χ0) is 20.3. The van der Waals surface area contributed by atoms with Crippen molar-refractivity contribution in [1.82, 2.24) is 4.31 Å². The Morgan fingerprint density at radius 2 is 1.86 bits per heavy atom. The number of rotatable bonds is 5. The summed E-state index contributed by atoms with van der Waals surface area (Å²) in [6, 6.07) is 12.6. The van der Waals surface area contributed by atoms with Gasteiger partial charge < -0.3 is 9.64 Å². The first-order valence-electron chi connectivity index (χ1n) is 9.40. The Balaban J connectivity index is 1.97. The van der Waals surface area contributed by atoms with Gasteiger partial charge in [-0.1, -0.05) is 25.1 Å². The van der Waals surface area contributed by atoms with Gasteiger partial charge in [0.05, 0.1) is 18.1 Å². The molecule has 3 rings (SSSR count). The van der Waals surface area contributed by atoms with Crippen molar-refractivity contribution in [1.29, 1.82) is 0 Å². The van der Waals surface area contributed by atoms with Crippen LogP contribution in [0.5, 0.6) is 0 Å². The van der Waals surface area contributed by atoms with Crippen LogP contribution in [-0.4, -0.2) is 52.0 Å². The predicted octanol–water partition coefficient (Wildman–Crippen LogP) is 2.85. The maximum atomic E-state index is 13.2. The molecule has 1 aliphatic heterocycles. The minimum Gasteiger partial charge on any atom is -0.379 e. The summed E-state index contributed by atoms with van der Waals surface area (Å²) in [4.78, 5) is 14.8. The first-order valence-corrected chi connectivity index (χ1v) is 10.8. The third kappa shape index (κ3) is 4.11. The Labute approximate surface area is 166 Å². The number of morpholine rings is 1. The minimum atomic E-state index is -3.68. The quantitative estimate of drug-likeness (QED) is 0.771. The average Bonchev–Trinajstić information content (AvgIpc) is 2.72. The first-order chi connectivity index (χ1) is 13.3. The second-order valence-corrected chi connectivity index (χ2v) is 8.80. The molecule has 0 spiro atoms. The molecular weight excluding hydrogens is 376 g/mol. The Morgan fingerprint density at radius 3 is 2.50 bits per heavy atom. The number of aryl methyl sites for hydroxylation is 2. The second-order valence-electron chi connectivity index (χ2n) is 6.90. The molecule has 1 aliphatic rings. The van der Waals surface area contributed by atoms with Crippen LogP contribution in [0.3, 0.4) is 0 Å². The Kier molecular flexibility index (Phi) is 6.17. The molecule has 7 heteroatoms. The van der Waals surface area contributed by atoms with E-state index in [0.29, 0.717) is 43.9 Å². The van der Waals surface area contributed by atoms with E-state index in [2.05, 4.69) is 0 Å². The molecule has 0 saturated carbocycles. The summed E-state index contributed by atoms with van der Waals surface area (Å²) in [6.07, 6.45) is 0.571. The molecule has 1 heterocycles. The van der Waals surface area contributed by atoms with Gasteiger partial charge in [0.2, 0.25) is 10.0 Å². The Bertz CT molecular complexity index is 966. The zero-order valence-electron chi connectivity index (χ0n) is 16.5. The van der Waals surface area contributed by atoms with Crippen molar-refractivity contribution < 1.29 is 17.9 Å². The van der Waals surface area contributed by atoms with E-state index in [1.807, 2.05) is 38.1 Å². The molecule has 0 aliphatic carbocycles. The fraction of sp³-hybridized carbons (Fsp3) is 0.381. The lowest BCUT2D eigenvalue weighted by molar-refractivity contribution is 0.0730. The van der Waals surface area contributed by atoms with E-state index < -0.39 is 10.0 Å². The number of benzene rings is 2. The van der Waals surface area contributed by atoms with Crippen molar-refractivity contribution in [3.8, 4) is 0 Å². The average molecular weight is 403 g/mol. The minimum absolute atomic E-state index is 0.209. The molecule has 28 heavy (non-hydrogen) atoms. The molecule has 150 valence electrons. The zero-order valence-corrected chi connectivity index (χ0v) is 17.3. The molecule has 0 atom stereocenters. The lowest BCUT2D eigenvalue weighted by Gasteiger charge is -2.27. The van der Waals surface area contributed by atoms with E-state index in [1.54, 1.807) is 24.1 Å². The fourth-order valence-corrected chi connectivity index (χ4v) is 5.02. The number of hydrogen-bond acceptors (Lipinski definition) is 4. The van der Waals surface area contributed by atoms with Gasteiger partial charge in [-0.3, -0.25) is 4.79 Å². The number of ether oxygens (including phenoxy) is 1. The number of amides is 1. The number of sulfonamides is 1. The van der Waals surface area contributed by atoms with Crippen molar-refractivity contribution in [2.75, 3.05) is 38.3 Å². The molecule has 0 unspecified atom stereocenters. The van der Waals surface area contributed by atoms with E-state index in [4.69, 9.17) is 4.74 Å². The number of carbonyl (C=O) groups excluding carboxylic acids is 1. The summed E-state index contributed by atoms with van der Waals surface area (Å²) in [7, 11) is -1.98. The summed E-state index contributed by atoms with van der Waals surface area (Å²) >= 11 is 0. The van der Waals surface area contributed by atoms with Gasteiger partial charge in [0.25, 0.3) is 5.91 Å². The van der Waals surface area contributed by atoms with Gasteiger partial charge >= 0.3 is 0 Å². The highest BCUT2D eigenvalue weighted by molar-refractivity contribution is 7.89. The van der Waals surface area contributed by atoms with Crippen LogP contribution < -0.4 is 4.90 Å². The number of anilines is 1. The highest BCUT2D eigenvalue weighted by Gasteiger charge is 2.29. The molecule has 1 amide bonds. The molecule has 1 saturated heterocycles. The molecule has 0 bridgehead atoms. The summed E-state index contributed by atoms with van der Waals surface area (Å²) in [5, 5.41) is 0. The summed E-state index contributed by atoms with van der Waals surface area (Å²) in [5.74, 6) is -0.244. The largest absolute Gasteiger partial charge is 0.379 e. The van der Waals surface area contributed by atoms with Crippen LogP contribution in [0.15, 0.2) is 47.4 Å².